The molecule has 0 amide bonds. The molecule has 0 atom stereocenters. The van der Waals surface area contributed by atoms with E-state index in [1.54, 1.807) is 83.1 Å². The topological polar surface area (TPSA) is 171 Å². The fraction of sp³-hybridized carbons (Fsp3) is 0.558. The van der Waals surface area contributed by atoms with Crippen molar-refractivity contribution in [3.05, 3.63) is 22.6 Å². The second kappa shape index (κ2) is 14.1. The third-order valence-electron chi connectivity index (χ3n) is 9.77. The average molecular weight is 904 g/mol. The Bertz CT molecular complexity index is 1950. The van der Waals surface area contributed by atoms with Gasteiger partial charge in [-0.15, -0.1) is 35.3 Å². The van der Waals surface area contributed by atoms with Crippen LogP contribution in [-0.4, -0.2) is 87.1 Å². The molecule has 331 valence electrons. The van der Waals surface area contributed by atoms with Gasteiger partial charge in [0.15, 0.2) is 69.0 Å². The van der Waals surface area contributed by atoms with Crippen molar-refractivity contribution in [3.63, 3.8) is 0 Å². The number of rotatable bonds is 12. The summed E-state index contributed by atoms with van der Waals surface area (Å²) in [6, 6.07) is 0. The van der Waals surface area contributed by atoms with Gasteiger partial charge in [-0.25, -0.2) is 0 Å². The number of ether oxygens (including phenoxy) is 12. The smallest absolute Gasteiger partial charge is 0.246 e. The summed E-state index contributed by atoms with van der Waals surface area (Å²) in [7, 11) is 0. The molecule has 0 fully saturated rings. The molecular weight excluding hydrogens is 853 g/mol. The molecule has 15 nitrogen and oxygen atoms in total. The van der Waals surface area contributed by atoms with Crippen LogP contribution in [0, 0.1) is 5.92 Å². The first-order valence-corrected chi connectivity index (χ1v) is 23.0. The van der Waals surface area contributed by atoms with Gasteiger partial charge in [0.1, 0.15) is 0 Å². The minimum Gasteiger partial charge on any atom is -0.449 e. The van der Waals surface area contributed by atoms with Crippen LogP contribution in [0.3, 0.4) is 0 Å². The minimum absolute atomic E-state index is 0.111. The Balaban J connectivity index is 1.48. The summed E-state index contributed by atoms with van der Waals surface area (Å²) in [5.74, 6) is -1.74. The van der Waals surface area contributed by atoms with Crippen LogP contribution < -0.4 is 56.8 Å². The first kappa shape index (κ1) is 42.5. The van der Waals surface area contributed by atoms with Crippen LogP contribution in [0.25, 0.3) is 0 Å². The summed E-state index contributed by atoms with van der Waals surface area (Å²) in [6.45, 7) is 21.3. The summed E-state index contributed by atoms with van der Waals surface area (Å²) in [6.07, 6.45) is 0. The zero-order valence-corrected chi connectivity index (χ0v) is 38.7. The Morgan fingerprint density at radius 2 is 0.475 bits per heavy atom. The lowest BCUT2D eigenvalue weighted by molar-refractivity contribution is -0.0510. The van der Waals surface area contributed by atoms with Crippen molar-refractivity contribution >= 4 is 35.3 Å². The van der Waals surface area contributed by atoms with Gasteiger partial charge in [-0.1, -0.05) is 0 Å². The summed E-state index contributed by atoms with van der Waals surface area (Å²) < 4.78 is 81.1. The number of benzene rings is 3. The van der Waals surface area contributed by atoms with Gasteiger partial charge in [0, 0.05) is 100 Å². The van der Waals surface area contributed by atoms with Crippen molar-refractivity contribution in [1.82, 2.24) is 0 Å². The Hall–Kier alpha value is -3.81. The van der Waals surface area contributed by atoms with E-state index in [1.165, 1.54) is 35.3 Å². The van der Waals surface area contributed by atoms with Gasteiger partial charge in [0.05, 0.1) is 57.1 Å². The molecular formula is C43H51O15S3. The molecule has 0 spiro atoms. The van der Waals surface area contributed by atoms with E-state index < -0.39 is 34.7 Å². The monoisotopic (exact) mass is 903 g/mol. The Kier molecular flexibility index (Phi) is 9.82. The predicted octanol–water partition coefficient (Wildman–Crippen LogP) is 8.00. The van der Waals surface area contributed by atoms with Crippen LogP contribution in [0.5, 0.6) is 69.0 Å². The molecule has 0 saturated carbocycles. The van der Waals surface area contributed by atoms with Gasteiger partial charge in [-0.2, -0.15) is 0 Å². The maximum atomic E-state index is 10.0. The highest BCUT2D eigenvalue weighted by molar-refractivity contribution is 8.00. The second-order valence-corrected chi connectivity index (χ2v) is 21.1. The van der Waals surface area contributed by atoms with Crippen LogP contribution >= 0.6 is 35.3 Å². The lowest BCUT2D eigenvalue weighted by atomic mass is 9.81. The lowest BCUT2D eigenvalue weighted by Crippen LogP contribution is -2.32. The second-order valence-electron chi connectivity index (χ2n) is 17.8. The van der Waals surface area contributed by atoms with E-state index >= 15 is 0 Å². The number of hydrogen-bond donors (Lipinski definition) is 3. The Morgan fingerprint density at radius 3 is 0.639 bits per heavy atom. The molecule has 9 rings (SSSR count). The number of aliphatic hydroxyl groups excluding tert-OH is 3. The van der Waals surface area contributed by atoms with Crippen molar-refractivity contribution in [2.75, 3.05) is 37.1 Å². The number of aliphatic hydroxyl groups is 3. The molecule has 6 aliphatic heterocycles. The zero-order valence-electron chi connectivity index (χ0n) is 36.2. The number of hydrogen-bond acceptors (Lipinski definition) is 18. The molecule has 0 bridgehead atoms. The van der Waals surface area contributed by atoms with Crippen LogP contribution in [0.4, 0.5) is 0 Å². The molecule has 3 aromatic rings. The quantitative estimate of drug-likeness (QED) is 0.118. The van der Waals surface area contributed by atoms with Crippen molar-refractivity contribution in [1.29, 1.82) is 0 Å². The van der Waals surface area contributed by atoms with Crippen molar-refractivity contribution < 1.29 is 72.2 Å². The van der Waals surface area contributed by atoms with Crippen LogP contribution in [0.1, 0.15) is 99.8 Å². The highest BCUT2D eigenvalue weighted by Gasteiger charge is 2.56. The van der Waals surface area contributed by atoms with E-state index in [2.05, 4.69) is 0 Å². The third kappa shape index (κ3) is 7.12. The summed E-state index contributed by atoms with van der Waals surface area (Å²) in [5, 5.41) is 30.1. The summed E-state index contributed by atoms with van der Waals surface area (Å²) >= 11 is 4.05. The molecule has 18 heteroatoms. The van der Waals surface area contributed by atoms with Crippen molar-refractivity contribution in [3.8, 4) is 69.0 Å². The van der Waals surface area contributed by atoms with Crippen LogP contribution in [-0.2, 0) is 0 Å². The normalized spacial score (nSPS) is 20.9. The maximum Gasteiger partial charge on any atom is 0.246 e. The molecule has 0 unspecified atom stereocenters. The van der Waals surface area contributed by atoms with E-state index in [0.29, 0.717) is 124 Å². The molecule has 0 saturated heterocycles. The predicted molar refractivity (Wildman–Crippen MR) is 225 cm³/mol. The van der Waals surface area contributed by atoms with E-state index in [4.69, 9.17) is 56.8 Å². The van der Waals surface area contributed by atoms with E-state index in [9.17, 15) is 15.3 Å². The van der Waals surface area contributed by atoms with Gasteiger partial charge in [0.2, 0.25) is 34.7 Å². The van der Waals surface area contributed by atoms with Crippen LogP contribution in [0.2, 0.25) is 0 Å². The third-order valence-corrected chi connectivity index (χ3v) is 12.9. The Labute approximate surface area is 367 Å². The Morgan fingerprint density at radius 1 is 0.311 bits per heavy atom. The first-order valence-electron chi connectivity index (χ1n) is 20.1. The van der Waals surface area contributed by atoms with Crippen LogP contribution in [0.15, 0.2) is 14.7 Å². The van der Waals surface area contributed by atoms with Crippen molar-refractivity contribution in [2.24, 2.45) is 0 Å². The highest BCUT2D eigenvalue weighted by atomic mass is 32.2. The molecule has 61 heavy (non-hydrogen) atoms. The van der Waals surface area contributed by atoms with E-state index in [-0.39, 0.29) is 19.8 Å². The standard InChI is InChI=1S/C43H51O15S3/c1-38(2)47-23-20(24-30(54-39(3,4)48-24)35(29(23)53-38)59-16-13-44)19(21-25-31(55-40(5,6)49-25)36(60-17-14-45)32-26(21)50-41(7,8)56-32)22-27-33(57-42(9,10)51-27)37(61-18-15-46)34-28(22)52-43(11,12)58-34/h44-46H,13-18H2,1-12H3. The van der Waals surface area contributed by atoms with Gasteiger partial charge < -0.3 is 72.2 Å². The van der Waals surface area contributed by atoms with Gasteiger partial charge >= 0.3 is 0 Å². The number of thioether (sulfide) groups is 3. The molecule has 0 aromatic heterocycles. The molecule has 0 aliphatic carbocycles. The largest absolute Gasteiger partial charge is 0.449 e. The average Bonchev–Trinajstić information content (AvgIpc) is 3.95. The molecule has 6 aliphatic rings. The number of fused-ring (bicyclic) bond motifs is 6. The van der Waals surface area contributed by atoms with Gasteiger partial charge in [0.25, 0.3) is 0 Å². The SMILES string of the molecule is CC1(C)Oc2c(c([C](c3c4c(c(SCCO)c5c3OC(C)(C)O5)OC(C)(C)O4)c3c4c(c(SCCO)c5c3OC(C)(C)O5)OC(C)(C)O4)c3c(c2SCCO)OC(C)(C)O3)O1. The fourth-order valence-corrected chi connectivity index (χ4v) is 10.5. The molecule has 1 radical (unpaired) electrons. The fourth-order valence-electron chi connectivity index (χ4n) is 8.03. The molecule has 6 heterocycles. The van der Waals surface area contributed by atoms with Gasteiger partial charge in [-0.3, -0.25) is 0 Å². The first-order chi connectivity index (χ1) is 28.5. The maximum absolute atomic E-state index is 10.0. The molecule has 3 aromatic carbocycles. The lowest BCUT2D eigenvalue weighted by Gasteiger charge is -2.28. The van der Waals surface area contributed by atoms with Gasteiger partial charge in [-0.05, 0) is 0 Å². The van der Waals surface area contributed by atoms with E-state index in [0.717, 1.165) is 0 Å². The zero-order chi connectivity index (χ0) is 43.8. The highest BCUT2D eigenvalue weighted by Crippen LogP contribution is 2.71. The van der Waals surface area contributed by atoms with E-state index in [1.807, 2.05) is 0 Å². The summed E-state index contributed by atoms with van der Waals surface area (Å²) in [4.78, 5) is 1.75. The van der Waals surface area contributed by atoms with Crippen molar-refractivity contribution in [2.45, 2.75) is 132 Å². The molecule has 3 N–H and O–H groups in total. The summed E-state index contributed by atoms with van der Waals surface area (Å²) in [5.41, 5.74) is 1.12. The minimum atomic E-state index is -1.18.